The van der Waals surface area contributed by atoms with Gasteiger partial charge in [-0.05, 0) is 25.7 Å². The average Bonchev–Trinajstić information content (AvgIpc) is 2.97. The van der Waals surface area contributed by atoms with Gasteiger partial charge in [0.15, 0.2) is 0 Å². The van der Waals surface area contributed by atoms with Crippen LogP contribution in [0.25, 0.3) is 0 Å². The molecule has 0 saturated heterocycles. The largest absolute Gasteiger partial charge is 0.480 e. The first kappa shape index (κ1) is 12.0. The molecule has 0 aromatic rings. The fraction of sp³-hybridized carbons (Fsp3) is 0.818. The Hall–Kier alpha value is -1.06. The highest BCUT2D eigenvalue weighted by Gasteiger charge is 2.33. The summed E-state index contributed by atoms with van der Waals surface area (Å²) in [6.07, 6.45) is 4.19. The Labute approximate surface area is 90.0 Å². The maximum absolute atomic E-state index is 11.5. The van der Waals surface area contributed by atoms with Crippen LogP contribution in [-0.4, -0.2) is 22.5 Å². The van der Waals surface area contributed by atoms with E-state index in [9.17, 15) is 9.59 Å². The highest BCUT2D eigenvalue weighted by molar-refractivity contribution is 5.86. The number of hydrogen-bond donors (Lipinski definition) is 2. The first-order chi connectivity index (χ1) is 6.98. The van der Waals surface area contributed by atoms with Crippen LogP contribution in [0.5, 0.6) is 0 Å². The zero-order valence-corrected chi connectivity index (χ0v) is 9.38. The molecule has 86 valence electrons. The summed E-state index contributed by atoms with van der Waals surface area (Å²) in [5.41, 5.74) is -1.11. The zero-order chi connectivity index (χ0) is 11.5. The number of nitrogens with one attached hydrogen (secondary N) is 1. The summed E-state index contributed by atoms with van der Waals surface area (Å²) in [4.78, 5) is 22.4. The minimum Gasteiger partial charge on any atom is -0.480 e. The summed E-state index contributed by atoms with van der Waals surface area (Å²) in [7, 11) is 0. The van der Waals surface area contributed by atoms with E-state index in [0.717, 1.165) is 6.42 Å². The molecular weight excluding hydrogens is 194 g/mol. The van der Waals surface area contributed by atoms with Crippen molar-refractivity contribution in [3.63, 3.8) is 0 Å². The van der Waals surface area contributed by atoms with E-state index >= 15 is 0 Å². The van der Waals surface area contributed by atoms with Crippen molar-refractivity contribution in [2.75, 3.05) is 0 Å². The molecule has 0 radical (unpaired) electrons. The summed E-state index contributed by atoms with van der Waals surface area (Å²) in [5, 5.41) is 11.5. The van der Waals surface area contributed by atoms with Gasteiger partial charge >= 0.3 is 5.97 Å². The Bertz CT molecular complexity index is 261. The minimum absolute atomic E-state index is 0.145. The lowest BCUT2D eigenvalue weighted by molar-refractivity contribution is -0.147. The lowest BCUT2D eigenvalue weighted by Gasteiger charge is -2.24. The van der Waals surface area contributed by atoms with Gasteiger partial charge in [0.2, 0.25) is 5.91 Å². The number of aliphatic carboxylic acids is 1. The number of amides is 1. The molecule has 1 amide bonds. The second-order valence-electron chi connectivity index (χ2n) is 4.52. The third kappa shape index (κ3) is 3.53. The van der Waals surface area contributed by atoms with Gasteiger partial charge in [0.1, 0.15) is 5.54 Å². The molecule has 1 aliphatic carbocycles. The number of rotatable bonds is 6. The molecule has 1 rings (SSSR count). The number of carbonyl (C=O) groups excluding carboxylic acids is 1. The molecule has 1 aliphatic rings. The van der Waals surface area contributed by atoms with Crippen LogP contribution < -0.4 is 5.32 Å². The monoisotopic (exact) mass is 213 g/mol. The molecule has 1 unspecified atom stereocenters. The maximum Gasteiger partial charge on any atom is 0.329 e. The van der Waals surface area contributed by atoms with Crippen molar-refractivity contribution in [3.8, 4) is 0 Å². The van der Waals surface area contributed by atoms with Gasteiger partial charge in [-0.1, -0.05) is 19.8 Å². The Morgan fingerprint density at radius 2 is 2.07 bits per heavy atom. The summed E-state index contributed by atoms with van der Waals surface area (Å²) >= 11 is 0. The second-order valence-corrected chi connectivity index (χ2v) is 4.52. The zero-order valence-electron chi connectivity index (χ0n) is 9.38. The van der Waals surface area contributed by atoms with Gasteiger partial charge in [-0.15, -0.1) is 0 Å². The summed E-state index contributed by atoms with van der Waals surface area (Å²) in [5.74, 6) is -0.410. The standard InChI is InChI=1S/C11H19NO3/c1-3-11(2,10(14)15)12-9(13)7-6-8-4-5-8/h8H,3-7H2,1-2H3,(H,12,13)(H,14,15). The smallest absolute Gasteiger partial charge is 0.329 e. The number of carbonyl (C=O) groups is 2. The van der Waals surface area contributed by atoms with Gasteiger partial charge in [-0.3, -0.25) is 4.79 Å². The fourth-order valence-corrected chi connectivity index (χ4v) is 1.41. The molecule has 0 aliphatic heterocycles. The molecule has 0 spiro atoms. The van der Waals surface area contributed by atoms with Crippen molar-refractivity contribution in [1.82, 2.24) is 5.32 Å². The first-order valence-electron chi connectivity index (χ1n) is 5.52. The lowest BCUT2D eigenvalue weighted by Crippen LogP contribution is -2.51. The van der Waals surface area contributed by atoms with Crippen molar-refractivity contribution < 1.29 is 14.7 Å². The van der Waals surface area contributed by atoms with Gasteiger partial charge < -0.3 is 10.4 Å². The molecule has 1 fully saturated rings. The molecule has 15 heavy (non-hydrogen) atoms. The normalized spacial score (nSPS) is 19.3. The topological polar surface area (TPSA) is 66.4 Å². The predicted molar refractivity (Wildman–Crippen MR) is 56.4 cm³/mol. The van der Waals surface area contributed by atoms with Crippen LogP contribution in [0, 0.1) is 5.92 Å². The van der Waals surface area contributed by atoms with Crippen molar-refractivity contribution in [2.45, 2.75) is 51.5 Å². The predicted octanol–water partition coefficient (Wildman–Crippen LogP) is 1.55. The SMILES string of the molecule is CCC(C)(NC(=O)CCC1CC1)C(=O)O. The van der Waals surface area contributed by atoms with E-state index in [4.69, 9.17) is 5.11 Å². The van der Waals surface area contributed by atoms with Crippen molar-refractivity contribution >= 4 is 11.9 Å². The highest BCUT2D eigenvalue weighted by atomic mass is 16.4. The van der Waals surface area contributed by atoms with E-state index < -0.39 is 11.5 Å². The third-order valence-corrected chi connectivity index (χ3v) is 3.07. The summed E-state index contributed by atoms with van der Waals surface area (Å²) in [6.45, 7) is 3.31. The van der Waals surface area contributed by atoms with Crippen LogP contribution in [0.4, 0.5) is 0 Å². The molecule has 1 saturated carbocycles. The van der Waals surface area contributed by atoms with Crippen LogP contribution in [0.15, 0.2) is 0 Å². The van der Waals surface area contributed by atoms with E-state index in [1.165, 1.54) is 12.8 Å². The van der Waals surface area contributed by atoms with Gasteiger partial charge in [0.05, 0.1) is 0 Å². The Morgan fingerprint density at radius 3 is 2.47 bits per heavy atom. The van der Waals surface area contributed by atoms with E-state index in [1.807, 2.05) is 0 Å². The van der Waals surface area contributed by atoms with E-state index in [1.54, 1.807) is 13.8 Å². The summed E-state index contributed by atoms with van der Waals surface area (Å²) < 4.78 is 0. The molecule has 0 bridgehead atoms. The van der Waals surface area contributed by atoms with Crippen molar-refractivity contribution in [1.29, 1.82) is 0 Å². The molecule has 4 nitrogen and oxygen atoms in total. The Balaban J connectivity index is 2.35. The molecule has 0 aromatic heterocycles. The van der Waals surface area contributed by atoms with E-state index in [0.29, 0.717) is 18.8 Å². The van der Waals surface area contributed by atoms with Crippen LogP contribution in [0.1, 0.15) is 46.0 Å². The van der Waals surface area contributed by atoms with E-state index in [2.05, 4.69) is 5.32 Å². The third-order valence-electron chi connectivity index (χ3n) is 3.07. The minimum atomic E-state index is -1.11. The van der Waals surface area contributed by atoms with Crippen LogP contribution >= 0.6 is 0 Å². The lowest BCUT2D eigenvalue weighted by atomic mass is 9.99. The summed E-state index contributed by atoms with van der Waals surface area (Å²) in [6, 6.07) is 0. The first-order valence-corrected chi connectivity index (χ1v) is 5.52. The molecule has 0 aromatic carbocycles. The van der Waals surface area contributed by atoms with Crippen LogP contribution in [-0.2, 0) is 9.59 Å². The number of carboxylic acids is 1. The molecular formula is C11H19NO3. The van der Waals surface area contributed by atoms with Gasteiger partial charge in [0, 0.05) is 6.42 Å². The van der Waals surface area contributed by atoms with Crippen LogP contribution in [0.3, 0.4) is 0 Å². The van der Waals surface area contributed by atoms with Gasteiger partial charge in [-0.25, -0.2) is 4.79 Å². The van der Waals surface area contributed by atoms with Crippen molar-refractivity contribution in [2.24, 2.45) is 5.92 Å². The Morgan fingerprint density at radius 1 is 1.47 bits per heavy atom. The molecule has 2 N–H and O–H groups in total. The van der Waals surface area contributed by atoms with Crippen LogP contribution in [0.2, 0.25) is 0 Å². The number of carboxylic acid groups (broad SMARTS) is 1. The molecule has 1 atom stereocenters. The Kier molecular flexibility index (Phi) is 3.72. The van der Waals surface area contributed by atoms with E-state index in [-0.39, 0.29) is 5.91 Å². The highest BCUT2D eigenvalue weighted by Crippen LogP contribution is 2.33. The average molecular weight is 213 g/mol. The molecule has 4 heteroatoms. The fourth-order valence-electron chi connectivity index (χ4n) is 1.41. The van der Waals surface area contributed by atoms with Gasteiger partial charge in [-0.2, -0.15) is 0 Å². The second kappa shape index (κ2) is 4.64. The maximum atomic E-state index is 11.5. The van der Waals surface area contributed by atoms with Crippen molar-refractivity contribution in [3.05, 3.63) is 0 Å². The quantitative estimate of drug-likeness (QED) is 0.703. The van der Waals surface area contributed by atoms with Gasteiger partial charge in [0.25, 0.3) is 0 Å². The number of hydrogen-bond acceptors (Lipinski definition) is 2. The molecule has 0 heterocycles.